The summed E-state index contributed by atoms with van der Waals surface area (Å²) in [6, 6.07) is 11.2. The maximum absolute atomic E-state index is 12.6. The van der Waals surface area contributed by atoms with E-state index in [4.69, 9.17) is 11.6 Å². The lowest BCUT2D eigenvalue weighted by Crippen LogP contribution is -2.43. The molecule has 2 heterocycles. The molecule has 0 aliphatic carbocycles. The van der Waals surface area contributed by atoms with E-state index in [2.05, 4.69) is 13.0 Å². The molecule has 0 atom stereocenters. The van der Waals surface area contributed by atoms with Crippen LogP contribution in [-0.2, 0) is 12.1 Å². The molecule has 1 fully saturated rings. The van der Waals surface area contributed by atoms with Crippen molar-refractivity contribution in [3.05, 3.63) is 63.0 Å². The van der Waals surface area contributed by atoms with E-state index in [-0.39, 0.29) is 11.1 Å². The van der Waals surface area contributed by atoms with Crippen molar-refractivity contribution < 1.29 is 5.11 Å². The Hall–Kier alpha value is -2.29. The summed E-state index contributed by atoms with van der Waals surface area (Å²) in [5, 5.41) is 21.2. The normalized spacial score (nSPS) is 16.1. The molecule has 6 heteroatoms. The molecular formula is C21H24ClN3O2. The topological polar surface area (TPSA) is 69.3 Å². The molecular weight excluding hydrogens is 362 g/mol. The number of halogens is 1. The van der Waals surface area contributed by atoms with Gasteiger partial charge in [0.15, 0.2) is 0 Å². The highest BCUT2D eigenvalue weighted by molar-refractivity contribution is 6.30. The Labute approximate surface area is 164 Å². The number of benzene rings is 1. The van der Waals surface area contributed by atoms with Gasteiger partial charge in [-0.15, -0.1) is 0 Å². The van der Waals surface area contributed by atoms with E-state index in [1.54, 1.807) is 22.9 Å². The van der Waals surface area contributed by atoms with E-state index < -0.39 is 5.60 Å². The monoisotopic (exact) mass is 385 g/mol. The number of hydrogen-bond acceptors (Lipinski definition) is 4. The molecule has 0 bridgehead atoms. The number of pyridine rings is 1. The van der Waals surface area contributed by atoms with Gasteiger partial charge in [-0.25, -0.2) is 0 Å². The maximum Gasteiger partial charge on any atom is 0.270 e. The van der Waals surface area contributed by atoms with E-state index in [9.17, 15) is 15.2 Å². The van der Waals surface area contributed by atoms with Crippen molar-refractivity contribution in [2.75, 3.05) is 18.0 Å². The molecule has 5 nitrogen and oxygen atoms in total. The number of nitrogens with zero attached hydrogens (tertiary/aromatic N) is 3. The Morgan fingerprint density at radius 1 is 1.30 bits per heavy atom. The molecule has 0 radical (unpaired) electrons. The number of hydrogen-bond donors (Lipinski definition) is 1. The average molecular weight is 386 g/mol. The fourth-order valence-corrected chi connectivity index (χ4v) is 3.81. The maximum atomic E-state index is 12.6. The molecule has 1 aliphatic rings. The van der Waals surface area contributed by atoms with Crippen LogP contribution in [0.25, 0.3) is 0 Å². The number of unbranched alkanes of at least 4 members (excludes halogenated alkanes) is 1. The number of piperidine rings is 1. The zero-order chi connectivity index (χ0) is 19.4. The Morgan fingerprint density at radius 2 is 2.04 bits per heavy atom. The first-order chi connectivity index (χ1) is 13.0. The first kappa shape index (κ1) is 19.5. The quantitative estimate of drug-likeness (QED) is 0.852. The summed E-state index contributed by atoms with van der Waals surface area (Å²) in [5.41, 5.74) is 0.471. The highest BCUT2D eigenvalue weighted by Gasteiger charge is 2.35. The summed E-state index contributed by atoms with van der Waals surface area (Å²) in [7, 11) is 0. The number of anilines is 1. The zero-order valence-electron chi connectivity index (χ0n) is 15.5. The Balaban J connectivity index is 1.81. The minimum atomic E-state index is -0.940. The van der Waals surface area contributed by atoms with Crippen LogP contribution in [0.2, 0.25) is 5.02 Å². The van der Waals surface area contributed by atoms with Crippen molar-refractivity contribution in [1.29, 1.82) is 5.26 Å². The van der Waals surface area contributed by atoms with Crippen molar-refractivity contribution in [3.8, 4) is 6.07 Å². The minimum absolute atomic E-state index is 0.182. The molecule has 1 aromatic heterocycles. The van der Waals surface area contributed by atoms with Gasteiger partial charge in [0.05, 0.1) is 11.3 Å². The molecule has 3 rings (SSSR count). The van der Waals surface area contributed by atoms with Crippen LogP contribution in [-0.4, -0.2) is 22.8 Å². The van der Waals surface area contributed by atoms with Crippen LogP contribution in [0.4, 0.5) is 5.69 Å². The fourth-order valence-electron chi connectivity index (χ4n) is 3.62. The van der Waals surface area contributed by atoms with E-state index in [0.717, 1.165) is 18.4 Å². The fraction of sp³-hybridized carbons (Fsp3) is 0.429. The first-order valence-corrected chi connectivity index (χ1v) is 9.73. The molecule has 0 unspecified atom stereocenters. The van der Waals surface area contributed by atoms with Gasteiger partial charge < -0.3 is 14.6 Å². The Bertz CT molecular complexity index is 908. The van der Waals surface area contributed by atoms with Gasteiger partial charge in [-0.05, 0) is 43.0 Å². The second-order valence-electron chi connectivity index (χ2n) is 7.07. The third kappa shape index (κ3) is 4.02. The molecule has 142 valence electrons. The predicted octanol–water partition coefficient (Wildman–Crippen LogP) is 3.66. The van der Waals surface area contributed by atoms with Crippen LogP contribution >= 0.6 is 11.6 Å². The number of nitriles is 1. The highest BCUT2D eigenvalue weighted by atomic mass is 35.5. The van der Waals surface area contributed by atoms with Gasteiger partial charge in [-0.3, -0.25) is 4.79 Å². The third-order valence-corrected chi connectivity index (χ3v) is 5.54. The van der Waals surface area contributed by atoms with Crippen molar-refractivity contribution in [1.82, 2.24) is 4.57 Å². The lowest BCUT2D eigenvalue weighted by molar-refractivity contribution is 0.0118. The van der Waals surface area contributed by atoms with Gasteiger partial charge in [0, 0.05) is 30.9 Å². The van der Waals surface area contributed by atoms with Crippen LogP contribution in [0, 0.1) is 11.3 Å². The van der Waals surface area contributed by atoms with Crippen LogP contribution in [0.3, 0.4) is 0 Å². The SMILES string of the molecule is CCCCn1ccc(N2CCC(O)(c3cccc(Cl)c3)CC2)c(C#N)c1=O. The number of rotatable bonds is 5. The number of aromatic nitrogens is 1. The lowest BCUT2D eigenvalue weighted by Gasteiger charge is -2.40. The average Bonchev–Trinajstić information content (AvgIpc) is 2.67. The van der Waals surface area contributed by atoms with Crippen LogP contribution in [0.1, 0.15) is 43.7 Å². The third-order valence-electron chi connectivity index (χ3n) is 5.30. The second kappa shape index (κ2) is 8.16. The van der Waals surface area contributed by atoms with Crippen LogP contribution in [0.15, 0.2) is 41.3 Å². The van der Waals surface area contributed by atoms with Gasteiger partial charge >= 0.3 is 0 Å². The number of aryl methyl sites for hydroxylation is 1. The van der Waals surface area contributed by atoms with E-state index >= 15 is 0 Å². The molecule has 0 saturated carbocycles. The summed E-state index contributed by atoms with van der Waals surface area (Å²) in [4.78, 5) is 14.6. The Morgan fingerprint density at radius 3 is 2.67 bits per heavy atom. The molecule has 1 aliphatic heterocycles. The van der Waals surface area contributed by atoms with Gasteiger partial charge in [-0.1, -0.05) is 37.1 Å². The van der Waals surface area contributed by atoms with Crippen molar-refractivity contribution in [2.24, 2.45) is 0 Å². The minimum Gasteiger partial charge on any atom is -0.385 e. The van der Waals surface area contributed by atoms with Crippen molar-refractivity contribution in [3.63, 3.8) is 0 Å². The van der Waals surface area contributed by atoms with E-state index in [0.29, 0.717) is 43.2 Å². The summed E-state index contributed by atoms with van der Waals surface area (Å²) >= 11 is 6.06. The molecule has 0 spiro atoms. The first-order valence-electron chi connectivity index (χ1n) is 9.35. The molecule has 2 aromatic rings. The van der Waals surface area contributed by atoms with E-state index in [1.807, 2.05) is 23.1 Å². The van der Waals surface area contributed by atoms with Crippen LogP contribution < -0.4 is 10.5 Å². The summed E-state index contributed by atoms with van der Waals surface area (Å²) in [5.74, 6) is 0. The standard InChI is InChI=1S/C21H24ClN3O2/c1-2-3-10-25-11-7-19(18(15-23)20(25)26)24-12-8-21(27,9-13-24)16-5-4-6-17(22)14-16/h4-7,11,14,27H,2-3,8-10,12-13H2,1H3. The summed E-state index contributed by atoms with van der Waals surface area (Å²) in [6.45, 7) is 3.82. The van der Waals surface area contributed by atoms with E-state index in [1.165, 1.54) is 0 Å². The second-order valence-corrected chi connectivity index (χ2v) is 7.51. The molecule has 27 heavy (non-hydrogen) atoms. The number of aliphatic hydroxyl groups is 1. The molecule has 0 amide bonds. The van der Waals surface area contributed by atoms with Gasteiger partial charge in [0.25, 0.3) is 5.56 Å². The summed E-state index contributed by atoms with van der Waals surface area (Å²) < 4.78 is 1.61. The predicted molar refractivity (Wildman–Crippen MR) is 107 cm³/mol. The lowest BCUT2D eigenvalue weighted by atomic mass is 9.84. The van der Waals surface area contributed by atoms with Gasteiger partial charge in [0.2, 0.25) is 0 Å². The molecule has 1 N–H and O–H groups in total. The summed E-state index contributed by atoms with van der Waals surface area (Å²) in [6.07, 6.45) is 4.69. The van der Waals surface area contributed by atoms with Crippen LogP contribution in [0.5, 0.6) is 0 Å². The largest absolute Gasteiger partial charge is 0.385 e. The van der Waals surface area contributed by atoms with Gasteiger partial charge in [-0.2, -0.15) is 5.26 Å². The van der Waals surface area contributed by atoms with Crippen molar-refractivity contribution >= 4 is 17.3 Å². The van der Waals surface area contributed by atoms with Crippen molar-refractivity contribution in [2.45, 2.75) is 44.8 Å². The highest BCUT2D eigenvalue weighted by Crippen LogP contribution is 2.35. The zero-order valence-corrected chi connectivity index (χ0v) is 16.2. The van der Waals surface area contributed by atoms with Gasteiger partial charge in [0.1, 0.15) is 11.6 Å². The molecule has 1 aromatic carbocycles. The Kier molecular flexibility index (Phi) is 5.88. The molecule has 1 saturated heterocycles. The smallest absolute Gasteiger partial charge is 0.270 e.